The van der Waals surface area contributed by atoms with Gasteiger partial charge in [0.2, 0.25) is 5.91 Å². The highest BCUT2D eigenvalue weighted by molar-refractivity contribution is 5.99. The third-order valence-corrected chi connectivity index (χ3v) is 5.06. The maximum atomic E-state index is 13.2. The molecule has 7 heteroatoms. The Kier molecular flexibility index (Phi) is 5.03. The molecule has 0 aliphatic carbocycles. The predicted octanol–water partition coefficient (Wildman–Crippen LogP) is 4.72. The SMILES string of the molecule is O=C1NN(C(=O)c2cccc(C(F)(F)F)c2)C(c2ccccc2)C1c1ccccc1. The van der Waals surface area contributed by atoms with Crippen molar-refractivity contribution in [1.82, 2.24) is 10.4 Å². The molecule has 2 unspecified atom stereocenters. The number of amides is 2. The topological polar surface area (TPSA) is 49.4 Å². The van der Waals surface area contributed by atoms with Gasteiger partial charge in [0.15, 0.2) is 0 Å². The van der Waals surface area contributed by atoms with Crippen molar-refractivity contribution in [1.29, 1.82) is 0 Å². The van der Waals surface area contributed by atoms with E-state index in [-0.39, 0.29) is 5.56 Å². The molecule has 1 N–H and O–H groups in total. The van der Waals surface area contributed by atoms with Gasteiger partial charge >= 0.3 is 6.18 Å². The van der Waals surface area contributed by atoms with Gasteiger partial charge in [-0.05, 0) is 29.3 Å². The van der Waals surface area contributed by atoms with E-state index in [1.807, 2.05) is 12.1 Å². The molecule has 4 rings (SSSR count). The second kappa shape index (κ2) is 7.67. The van der Waals surface area contributed by atoms with E-state index in [1.165, 1.54) is 12.1 Å². The molecule has 1 aliphatic rings. The van der Waals surface area contributed by atoms with Crippen LogP contribution in [0.3, 0.4) is 0 Å². The first-order valence-electron chi connectivity index (χ1n) is 9.27. The van der Waals surface area contributed by atoms with Gasteiger partial charge in [0.1, 0.15) is 0 Å². The lowest BCUT2D eigenvalue weighted by Crippen LogP contribution is -2.40. The van der Waals surface area contributed by atoms with Crippen molar-refractivity contribution in [2.75, 3.05) is 0 Å². The normalized spacial score (nSPS) is 18.9. The van der Waals surface area contributed by atoms with E-state index in [0.29, 0.717) is 11.1 Å². The van der Waals surface area contributed by atoms with Crippen LogP contribution in [-0.2, 0) is 11.0 Å². The summed E-state index contributed by atoms with van der Waals surface area (Å²) in [5, 5.41) is 1.13. The zero-order chi connectivity index (χ0) is 21.3. The molecule has 1 saturated heterocycles. The molecule has 0 aromatic heterocycles. The van der Waals surface area contributed by atoms with Crippen molar-refractivity contribution in [2.45, 2.75) is 18.1 Å². The highest BCUT2D eigenvalue weighted by Crippen LogP contribution is 2.40. The van der Waals surface area contributed by atoms with Crippen LogP contribution in [0.5, 0.6) is 0 Å². The van der Waals surface area contributed by atoms with E-state index in [0.717, 1.165) is 17.1 Å². The summed E-state index contributed by atoms with van der Waals surface area (Å²) in [7, 11) is 0. The number of nitrogens with zero attached hydrogens (tertiary/aromatic N) is 1. The van der Waals surface area contributed by atoms with Crippen LogP contribution >= 0.6 is 0 Å². The molecular weight excluding hydrogens is 393 g/mol. The number of carbonyl (C=O) groups excluding carboxylic acids is 2. The Morgan fingerprint density at radius 2 is 1.43 bits per heavy atom. The molecule has 152 valence electrons. The lowest BCUT2D eigenvalue weighted by molar-refractivity contribution is -0.137. The lowest BCUT2D eigenvalue weighted by Gasteiger charge is -2.26. The summed E-state index contributed by atoms with van der Waals surface area (Å²) in [6, 6.07) is 21.4. The number of hydrogen-bond donors (Lipinski definition) is 1. The zero-order valence-corrected chi connectivity index (χ0v) is 15.6. The second-order valence-electron chi connectivity index (χ2n) is 6.97. The molecule has 0 radical (unpaired) electrons. The first-order valence-corrected chi connectivity index (χ1v) is 9.27. The minimum absolute atomic E-state index is 0.153. The summed E-state index contributed by atoms with van der Waals surface area (Å²) >= 11 is 0. The predicted molar refractivity (Wildman–Crippen MR) is 104 cm³/mol. The maximum absolute atomic E-state index is 13.2. The number of alkyl halides is 3. The van der Waals surface area contributed by atoms with Gasteiger partial charge in [-0.1, -0.05) is 66.7 Å². The Morgan fingerprint density at radius 1 is 0.833 bits per heavy atom. The summed E-state index contributed by atoms with van der Waals surface area (Å²) in [4.78, 5) is 26.0. The van der Waals surface area contributed by atoms with E-state index < -0.39 is 35.5 Å². The first-order chi connectivity index (χ1) is 14.4. The largest absolute Gasteiger partial charge is 0.416 e. The van der Waals surface area contributed by atoms with Crippen LogP contribution in [0.15, 0.2) is 84.9 Å². The third-order valence-electron chi connectivity index (χ3n) is 5.06. The van der Waals surface area contributed by atoms with Crippen LogP contribution in [0, 0.1) is 0 Å². The number of hydrogen-bond acceptors (Lipinski definition) is 2. The number of rotatable bonds is 3. The van der Waals surface area contributed by atoms with Gasteiger partial charge in [-0.15, -0.1) is 0 Å². The molecule has 1 heterocycles. The average molecular weight is 410 g/mol. The fraction of sp³-hybridized carbons (Fsp3) is 0.130. The van der Waals surface area contributed by atoms with Crippen LogP contribution in [0.2, 0.25) is 0 Å². The minimum atomic E-state index is -4.57. The highest BCUT2D eigenvalue weighted by atomic mass is 19.4. The second-order valence-corrected chi connectivity index (χ2v) is 6.97. The number of benzene rings is 3. The van der Waals surface area contributed by atoms with Gasteiger partial charge in [-0.2, -0.15) is 13.2 Å². The van der Waals surface area contributed by atoms with Crippen LogP contribution in [0.4, 0.5) is 13.2 Å². The number of halogens is 3. The molecule has 4 nitrogen and oxygen atoms in total. The number of carbonyl (C=O) groups is 2. The molecule has 0 spiro atoms. The molecule has 3 aromatic rings. The van der Waals surface area contributed by atoms with Crippen molar-refractivity contribution in [3.8, 4) is 0 Å². The highest BCUT2D eigenvalue weighted by Gasteiger charge is 2.45. The molecule has 2 amide bonds. The number of nitrogens with one attached hydrogen (secondary N) is 1. The zero-order valence-electron chi connectivity index (χ0n) is 15.6. The summed E-state index contributed by atoms with van der Waals surface area (Å²) in [5.74, 6) is -1.79. The molecule has 0 bridgehead atoms. The third kappa shape index (κ3) is 3.66. The Bertz CT molecular complexity index is 1070. The standard InChI is InChI=1S/C23H17F3N2O2/c24-23(25,26)18-13-7-12-17(14-18)22(30)28-20(16-10-5-2-6-11-16)19(21(29)27-28)15-8-3-1-4-9-15/h1-14,19-20H,(H,27,29). The molecule has 30 heavy (non-hydrogen) atoms. The van der Waals surface area contributed by atoms with Crippen molar-refractivity contribution < 1.29 is 22.8 Å². The Morgan fingerprint density at radius 3 is 2.03 bits per heavy atom. The lowest BCUT2D eigenvalue weighted by atomic mass is 9.87. The quantitative estimate of drug-likeness (QED) is 0.680. The van der Waals surface area contributed by atoms with Crippen LogP contribution < -0.4 is 5.43 Å². The molecule has 2 atom stereocenters. The summed E-state index contributed by atoms with van der Waals surface area (Å²) < 4.78 is 39.3. The van der Waals surface area contributed by atoms with E-state index in [9.17, 15) is 22.8 Å². The van der Waals surface area contributed by atoms with Gasteiger partial charge < -0.3 is 0 Å². The van der Waals surface area contributed by atoms with Crippen molar-refractivity contribution in [2.24, 2.45) is 0 Å². The van der Waals surface area contributed by atoms with E-state index in [1.54, 1.807) is 48.5 Å². The van der Waals surface area contributed by atoms with Gasteiger partial charge in [-0.25, -0.2) is 5.01 Å². The van der Waals surface area contributed by atoms with Gasteiger partial charge in [0, 0.05) is 5.56 Å². The fourth-order valence-electron chi connectivity index (χ4n) is 3.68. The van der Waals surface area contributed by atoms with Gasteiger partial charge in [0.05, 0.1) is 17.5 Å². The van der Waals surface area contributed by atoms with E-state index >= 15 is 0 Å². The van der Waals surface area contributed by atoms with Crippen molar-refractivity contribution >= 4 is 11.8 Å². The van der Waals surface area contributed by atoms with E-state index in [4.69, 9.17) is 0 Å². The summed E-state index contributed by atoms with van der Waals surface area (Å²) in [6.45, 7) is 0. The Balaban J connectivity index is 1.77. The molecule has 1 fully saturated rings. The molecular formula is C23H17F3N2O2. The molecule has 3 aromatic carbocycles. The Hall–Kier alpha value is -3.61. The fourth-order valence-corrected chi connectivity index (χ4v) is 3.68. The summed E-state index contributed by atoms with van der Waals surface area (Å²) in [6.07, 6.45) is -4.57. The summed E-state index contributed by atoms with van der Waals surface area (Å²) in [5.41, 5.74) is 2.91. The van der Waals surface area contributed by atoms with Gasteiger partial charge in [-0.3, -0.25) is 15.0 Å². The van der Waals surface area contributed by atoms with Crippen LogP contribution in [0.1, 0.15) is 39.0 Å². The number of hydrazine groups is 1. The van der Waals surface area contributed by atoms with Gasteiger partial charge in [0.25, 0.3) is 5.91 Å². The average Bonchev–Trinajstić information content (AvgIpc) is 3.11. The van der Waals surface area contributed by atoms with Crippen molar-refractivity contribution in [3.63, 3.8) is 0 Å². The smallest absolute Gasteiger partial charge is 0.272 e. The molecule has 0 saturated carbocycles. The monoisotopic (exact) mass is 410 g/mol. The first kappa shape index (κ1) is 19.7. The maximum Gasteiger partial charge on any atom is 0.416 e. The van der Waals surface area contributed by atoms with E-state index in [2.05, 4.69) is 5.43 Å². The van der Waals surface area contributed by atoms with Crippen LogP contribution in [-0.4, -0.2) is 16.8 Å². The Labute approximate surface area is 170 Å². The van der Waals surface area contributed by atoms with Crippen molar-refractivity contribution in [3.05, 3.63) is 107 Å². The van der Waals surface area contributed by atoms with Crippen LogP contribution in [0.25, 0.3) is 0 Å². The minimum Gasteiger partial charge on any atom is -0.272 e. The molecule has 1 aliphatic heterocycles.